The van der Waals surface area contributed by atoms with E-state index in [2.05, 4.69) is 29.2 Å². The number of aryl methyl sites for hydroxylation is 1. The smallest absolute Gasteiger partial charge is 0.254 e. The summed E-state index contributed by atoms with van der Waals surface area (Å²) in [6.07, 6.45) is 0.736. The lowest BCUT2D eigenvalue weighted by molar-refractivity contribution is 0.0398. The Hall–Kier alpha value is -2.33. The summed E-state index contributed by atoms with van der Waals surface area (Å²) >= 11 is 0. The standard InChI is InChI=1S/C20H22N2O2/c1-14-7-8-18(23)17-11-16-13-21(12-15-5-3-2-4-6-15)9-10-22(16)20(24)19(14)17/h2-8,16,23H,9-13H2,1H3. The van der Waals surface area contributed by atoms with Gasteiger partial charge in [0.1, 0.15) is 5.75 Å². The van der Waals surface area contributed by atoms with Crippen molar-refractivity contribution in [1.29, 1.82) is 0 Å². The minimum atomic E-state index is 0.0778. The molecule has 4 rings (SSSR count). The van der Waals surface area contributed by atoms with E-state index in [1.807, 2.05) is 24.0 Å². The molecule has 2 aromatic carbocycles. The number of aromatic hydroxyl groups is 1. The van der Waals surface area contributed by atoms with E-state index in [1.54, 1.807) is 6.07 Å². The zero-order valence-electron chi connectivity index (χ0n) is 13.9. The average molecular weight is 322 g/mol. The number of rotatable bonds is 2. The van der Waals surface area contributed by atoms with E-state index >= 15 is 0 Å². The number of fused-ring (bicyclic) bond motifs is 2. The van der Waals surface area contributed by atoms with E-state index < -0.39 is 0 Å². The zero-order chi connectivity index (χ0) is 16.7. The van der Waals surface area contributed by atoms with Crippen molar-refractivity contribution in [2.45, 2.75) is 25.9 Å². The number of hydrogen-bond acceptors (Lipinski definition) is 3. The summed E-state index contributed by atoms with van der Waals surface area (Å²) in [6.45, 7) is 5.36. The molecule has 0 radical (unpaired) electrons. The van der Waals surface area contributed by atoms with E-state index in [-0.39, 0.29) is 17.7 Å². The maximum Gasteiger partial charge on any atom is 0.254 e. The second-order valence-electron chi connectivity index (χ2n) is 6.83. The molecule has 2 heterocycles. The number of nitrogens with zero attached hydrogens (tertiary/aromatic N) is 2. The molecule has 1 atom stereocenters. The first-order chi connectivity index (χ1) is 11.6. The van der Waals surface area contributed by atoms with E-state index in [0.29, 0.717) is 5.56 Å². The molecule has 4 heteroatoms. The third-order valence-electron chi connectivity index (χ3n) is 5.23. The van der Waals surface area contributed by atoms with Gasteiger partial charge in [-0.25, -0.2) is 0 Å². The Kier molecular flexibility index (Phi) is 3.77. The van der Waals surface area contributed by atoms with Crippen LogP contribution in [0.2, 0.25) is 0 Å². The summed E-state index contributed by atoms with van der Waals surface area (Å²) in [5.74, 6) is 0.331. The molecule has 2 aliphatic rings. The van der Waals surface area contributed by atoms with Crippen LogP contribution in [0.1, 0.15) is 27.0 Å². The quantitative estimate of drug-likeness (QED) is 0.924. The molecule has 2 aliphatic heterocycles. The average Bonchev–Trinajstić information content (AvgIpc) is 2.59. The van der Waals surface area contributed by atoms with Crippen molar-refractivity contribution in [3.63, 3.8) is 0 Å². The Morgan fingerprint density at radius 2 is 1.92 bits per heavy atom. The largest absolute Gasteiger partial charge is 0.508 e. The van der Waals surface area contributed by atoms with Gasteiger partial charge in [-0.2, -0.15) is 0 Å². The van der Waals surface area contributed by atoms with Crippen molar-refractivity contribution in [3.05, 3.63) is 64.7 Å². The Labute approximate surface area is 142 Å². The molecule has 124 valence electrons. The van der Waals surface area contributed by atoms with Crippen LogP contribution in [0.25, 0.3) is 0 Å². The Morgan fingerprint density at radius 1 is 1.12 bits per heavy atom. The molecule has 1 saturated heterocycles. The first-order valence-electron chi connectivity index (χ1n) is 8.52. The van der Waals surface area contributed by atoms with Gasteiger partial charge < -0.3 is 10.0 Å². The summed E-state index contributed by atoms with van der Waals surface area (Å²) in [5, 5.41) is 10.2. The van der Waals surface area contributed by atoms with Gasteiger partial charge >= 0.3 is 0 Å². The maximum atomic E-state index is 12.9. The lowest BCUT2D eigenvalue weighted by Crippen LogP contribution is -2.57. The van der Waals surface area contributed by atoms with Crippen LogP contribution in [-0.2, 0) is 13.0 Å². The van der Waals surface area contributed by atoms with Gasteiger partial charge in [-0.3, -0.25) is 9.69 Å². The maximum absolute atomic E-state index is 12.9. The van der Waals surface area contributed by atoms with E-state index in [1.165, 1.54) is 5.56 Å². The first-order valence-corrected chi connectivity index (χ1v) is 8.52. The Morgan fingerprint density at radius 3 is 2.71 bits per heavy atom. The molecular formula is C20H22N2O2. The summed E-state index contributed by atoms with van der Waals surface area (Å²) in [6, 6.07) is 14.1. The van der Waals surface area contributed by atoms with Gasteiger partial charge in [0.2, 0.25) is 0 Å². The highest BCUT2D eigenvalue weighted by atomic mass is 16.3. The van der Waals surface area contributed by atoms with Gasteiger partial charge in [-0.15, -0.1) is 0 Å². The summed E-state index contributed by atoms with van der Waals surface area (Å²) < 4.78 is 0. The summed E-state index contributed by atoms with van der Waals surface area (Å²) in [4.78, 5) is 17.3. The van der Waals surface area contributed by atoms with Gasteiger partial charge in [0.05, 0.1) is 0 Å². The molecule has 24 heavy (non-hydrogen) atoms. The molecule has 2 aromatic rings. The van der Waals surface area contributed by atoms with Gasteiger partial charge in [0, 0.05) is 43.3 Å². The van der Waals surface area contributed by atoms with Gasteiger partial charge in [-0.1, -0.05) is 36.4 Å². The Balaban J connectivity index is 1.57. The van der Waals surface area contributed by atoms with E-state index in [9.17, 15) is 9.90 Å². The molecule has 1 amide bonds. The molecule has 4 nitrogen and oxygen atoms in total. The summed E-state index contributed by atoms with van der Waals surface area (Å²) in [7, 11) is 0. The minimum Gasteiger partial charge on any atom is -0.508 e. The predicted octanol–water partition coefficient (Wildman–Crippen LogP) is 2.58. The molecule has 0 saturated carbocycles. The van der Waals surface area contributed by atoms with Crippen molar-refractivity contribution in [3.8, 4) is 5.75 Å². The number of phenols is 1. The molecule has 1 N–H and O–H groups in total. The fraction of sp³-hybridized carbons (Fsp3) is 0.350. The van der Waals surface area contributed by atoms with Crippen LogP contribution >= 0.6 is 0 Å². The molecule has 0 aromatic heterocycles. The fourth-order valence-electron chi connectivity index (χ4n) is 3.98. The molecule has 0 spiro atoms. The second kappa shape index (κ2) is 5.95. The van der Waals surface area contributed by atoms with Crippen LogP contribution in [-0.4, -0.2) is 46.5 Å². The molecule has 0 bridgehead atoms. The van der Waals surface area contributed by atoms with Gasteiger partial charge in [0.15, 0.2) is 0 Å². The number of phenolic OH excluding ortho intramolecular Hbond substituents is 1. The number of piperazine rings is 1. The van der Waals surface area contributed by atoms with Crippen LogP contribution in [0.3, 0.4) is 0 Å². The number of hydrogen-bond donors (Lipinski definition) is 1. The van der Waals surface area contributed by atoms with Crippen molar-refractivity contribution in [2.24, 2.45) is 0 Å². The lowest BCUT2D eigenvalue weighted by atomic mass is 9.88. The minimum absolute atomic E-state index is 0.0778. The zero-order valence-corrected chi connectivity index (χ0v) is 13.9. The van der Waals surface area contributed by atoms with E-state index in [4.69, 9.17) is 0 Å². The van der Waals surface area contributed by atoms with Crippen molar-refractivity contribution in [2.75, 3.05) is 19.6 Å². The summed E-state index contributed by atoms with van der Waals surface area (Å²) in [5.41, 5.74) is 3.79. The van der Waals surface area contributed by atoms with E-state index in [0.717, 1.165) is 43.7 Å². The van der Waals surface area contributed by atoms with Crippen LogP contribution < -0.4 is 0 Å². The van der Waals surface area contributed by atoms with Crippen LogP contribution in [0, 0.1) is 6.92 Å². The molecule has 0 aliphatic carbocycles. The molecular weight excluding hydrogens is 300 g/mol. The number of benzene rings is 2. The van der Waals surface area contributed by atoms with Crippen LogP contribution in [0.15, 0.2) is 42.5 Å². The predicted molar refractivity (Wildman–Crippen MR) is 93.1 cm³/mol. The van der Waals surface area contributed by atoms with Crippen LogP contribution in [0.4, 0.5) is 0 Å². The SMILES string of the molecule is Cc1ccc(O)c2c1C(=O)N1CCN(Cc3ccccc3)CC1C2. The number of carbonyl (C=O) groups is 1. The highest BCUT2D eigenvalue weighted by Crippen LogP contribution is 2.33. The monoisotopic (exact) mass is 322 g/mol. The molecule has 1 unspecified atom stereocenters. The van der Waals surface area contributed by atoms with Crippen molar-refractivity contribution in [1.82, 2.24) is 9.80 Å². The van der Waals surface area contributed by atoms with Gasteiger partial charge in [0.25, 0.3) is 5.91 Å². The number of carbonyl (C=O) groups excluding carboxylic acids is 1. The molecule has 1 fully saturated rings. The van der Waals surface area contributed by atoms with Crippen molar-refractivity contribution >= 4 is 5.91 Å². The van der Waals surface area contributed by atoms with Crippen LogP contribution in [0.5, 0.6) is 5.75 Å². The topological polar surface area (TPSA) is 43.8 Å². The highest BCUT2D eigenvalue weighted by molar-refractivity contribution is 5.99. The third-order valence-corrected chi connectivity index (χ3v) is 5.23. The van der Waals surface area contributed by atoms with Crippen molar-refractivity contribution < 1.29 is 9.90 Å². The second-order valence-corrected chi connectivity index (χ2v) is 6.83. The number of amides is 1. The van der Waals surface area contributed by atoms with Gasteiger partial charge in [-0.05, 0) is 30.5 Å². The fourth-order valence-corrected chi connectivity index (χ4v) is 3.98. The lowest BCUT2D eigenvalue weighted by Gasteiger charge is -2.44. The highest BCUT2D eigenvalue weighted by Gasteiger charge is 2.38. The first kappa shape index (κ1) is 15.2. The normalized spacial score (nSPS) is 20.6. The third kappa shape index (κ3) is 2.57. The Bertz CT molecular complexity index is 773.